The Morgan fingerprint density at radius 2 is 1.79 bits per heavy atom. The number of nitrogens with zero attached hydrogens (tertiary/aromatic N) is 1. The molecule has 3 aromatic rings. The lowest BCUT2D eigenvalue weighted by Crippen LogP contribution is -2.35. The van der Waals surface area contributed by atoms with Gasteiger partial charge < -0.3 is 14.8 Å². The molecule has 0 unspecified atom stereocenters. The number of anilines is 2. The molecule has 7 nitrogen and oxygen atoms in total. The second-order valence-electron chi connectivity index (χ2n) is 7.77. The van der Waals surface area contributed by atoms with E-state index in [9.17, 15) is 13.2 Å². The van der Waals surface area contributed by atoms with Crippen molar-refractivity contribution in [3.05, 3.63) is 83.9 Å². The molecule has 3 aromatic carbocycles. The number of rotatable bonds is 5. The summed E-state index contributed by atoms with van der Waals surface area (Å²) in [6.07, 6.45) is 4.60. The minimum absolute atomic E-state index is 0.200. The van der Waals surface area contributed by atoms with E-state index in [1.54, 1.807) is 54.6 Å². The van der Waals surface area contributed by atoms with Crippen molar-refractivity contribution in [1.29, 1.82) is 0 Å². The van der Waals surface area contributed by atoms with Crippen LogP contribution in [0, 0.1) is 0 Å². The molecule has 0 radical (unpaired) electrons. The molecule has 33 heavy (non-hydrogen) atoms. The second-order valence-corrected chi connectivity index (χ2v) is 9.63. The minimum atomic E-state index is -3.64. The molecule has 0 atom stereocenters. The normalized spacial score (nSPS) is 14.8. The first kappa shape index (κ1) is 21.1. The number of fused-ring (bicyclic) bond motifs is 2. The smallest absolute Gasteiger partial charge is 0.264 e. The Bertz CT molecular complexity index is 1340. The molecule has 2 aliphatic rings. The van der Waals surface area contributed by atoms with Crippen LogP contribution < -0.4 is 19.1 Å². The lowest BCUT2D eigenvalue weighted by molar-refractivity contribution is -0.111. The standard InChI is InChI=1S/C25H22N2O5S/c28-25(13-9-18-8-12-23-24(15-18)32-17-31-23)26-20-10-11-22-19(16-20)5-4-14-27(22)33(29,30)21-6-2-1-3-7-21/h1-3,6-13,15-16H,4-5,14,17H2,(H,26,28)/b13-9+. The summed E-state index contributed by atoms with van der Waals surface area (Å²) < 4.78 is 38.4. The van der Waals surface area contributed by atoms with Gasteiger partial charge in [0.1, 0.15) is 0 Å². The Hall–Kier alpha value is -3.78. The van der Waals surface area contributed by atoms with E-state index in [1.807, 2.05) is 18.2 Å². The number of carbonyl (C=O) groups is 1. The van der Waals surface area contributed by atoms with Gasteiger partial charge in [0.2, 0.25) is 12.7 Å². The number of hydrogen-bond donors (Lipinski definition) is 1. The van der Waals surface area contributed by atoms with E-state index in [0.717, 1.165) is 17.5 Å². The number of nitrogens with one attached hydrogen (secondary N) is 1. The highest BCUT2D eigenvalue weighted by Gasteiger charge is 2.29. The van der Waals surface area contributed by atoms with Crippen LogP contribution in [-0.4, -0.2) is 27.7 Å². The van der Waals surface area contributed by atoms with Gasteiger partial charge in [-0.3, -0.25) is 9.10 Å². The Morgan fingerprint density at radius 1 is 0.970 bits per heavy atom. The van der Waals surface area contributed by atoms with Gasteiger partial charge in [-0.25, -0.2) is 8.42 Å². The largest absolute Gasteiger partial charge is 0.454 e. The highest BCUT2D eigenvalue weighted by Crippen LogP contribution is 2.34. The highest BCUT2D eigenvalue weighted by molar-refractivity contribution is 7.92. The summed E-state index contributed by atoms with van der Waals surface area (Å²) >= 11 is 0. The van der Waals surface area contributed by atoms with Crippen LogP contribution in [0.4, 0.5) is 11.4 Å². The number of sulfonamides is 1. The van der Waals surface area contributed by atoms with Crippen LogP contribution in [0.1, 0.15) is 17.5 Å². The molecule has 1 amide bonds. The molecule has 2 aliphatic heterocycles. The van der Waals surface area contributed by atoms with Gasteiger partial charge in [-0.05, 0) is 72.5 Å². The van der Waals surface area contributed by atoms with Crippen LogP contribution in [-0.2, 0) is 21.2 Å². The van der Waals surface area contributed by atoms with Crippen molar-refractivity contribution in [1.82, 2.24) is 0 Å². The van der Waals surface area contributed by atoms with Crippen molar-refractivity contribution in [3.8, 4) is 11.5 Å². The van der Waals surface area contributed by atoms with Gasteiger partial charge >= 0.3 is 0 Å². The second kappa shape index (κ2) is 8.63. The van der Waals surface area contributed by atoms with Crippen LogP contribution in [0.2, 0.25) is 0 Å². The third kappa shape index (κ3) is 4.29. The van der Waals surface area contributed by atoms with Crippen molar-refractivity contribution < 1.29 is 22.7 Å². The highest BCUT2D eigenvalue weighted by atomic mass is 32.2. The van der Waals surface area contributed by atoms with Crippen molar-refractivity contribution in [2.75, 3.05) is 23.0 Å². The summed E-state index contributed by atoms with van der Waals surface area (Å²) in [5.41, 5.74) is 2.98. The van der Waals surface area contributed by atoms with Gasteiger partial charge in [0, 0.05) is 18.3 Å². The fourth-order valence-electron chi connectivity index (χ4n) is 3.98. The Balaban J connectivity index is 1.32. The molecule has 2 heterocycles. The molecule has 0 aliphatic carbocycles. The molecule has 8 heteroatoms. The summed E-state index contributed by atoms with van der Waals surface area (Å²) in [7, 11) is -3.64. The molecular formula is C25H22N2O5S. The number of carbonyl (C=O) groups excluding carboxylic acids is 1. The van der Waals surface area contributed by atoms with E-state index in [-0.39, 0.29) is 17.6 Å². The summed E-state index contributed by atoms with van der Waals surface area (Å²) in [6.45, 7) is 0.625. The topological polar surface area (TPSA) is 84.9 Å². The maximum atomic E-state index is 13.1. The fourth-order valence-corrected chi connectivity index (χ4v) is 5.54. The van der Waals surface area contributed by atoms with E-state index in [2.05, 4.69) is 5.32 Å². The van der Waals surface area contributed by atoms with Crippen molar-refractivity contribution >= 4 is 33.4 Å². The molecule has 0 bridgehead atoms. The van der Waals surface area contributed by atoms with E-state index < -0.39 is 10.0 Å². The Labute approximate surface area is 192 Å². The zero-order chi connectivity index (χ0) is 22.8. The van der Waals surface area contributed by atoms with E-state index in [4.69, 9.17) is 9.47 Å². The molecule has 0 fully saturated rings. The van der Waals surface area contributed by atoms with Gasteiger partial charge in [-0.15, -0.1) is 0 Å². The number of ether oxygens (including phenoxy) is 2. The first-order valence-corrected chi connectivity index (χ1v) is 12.0. The molecule has 0 saturated carbocycles. The van der Waals surface area contributed by atoms with Gasteiger partial charge in [-0.2, -0.15) is 0 Å². The van der Waals surface area contributed by atoms with E-state index in [1.165, 1.54) is 10.4 Å². The predicted molar refractivity (Wildman–Crippen MR) is 126 cm³/mol. The fraction of sp³-hybridized carbons (Fsp3) is 0.160. The lowest BCUT2D eigenvalue weighted by Gasteiger charge is -2.30. The Kier molecular flexibility index (Phi) is 5.51. The van der Waals surface area contributed by atoms with Gasteiger partial charge in [-0.1, -0.05) is 24.3 Å². The van der Waals surface area contributed by atoms with Crippen LogP contribution >= 0.6 is 0 Å². The molecule has 0 saturated heterocycles. The van der Waals surface area contributed by atoms with Crippen LogP contribution in [0.5, 0.6) is 11.5 Å². The first-order chi connectivity index (χ1) is 16.0. The maximum absolute atomic E-state index is 13.1. The number of aryl methyl sites for hydroxylation is 1. The zero-order valence-electron chi connectivity index (χ0n) is 17.7. The summed E-state index contributed by atoms with van der Waals surface area (Å²) in [5, 5.41) is 2.85. The molecule has 5 rings (SSSR count). The molecule has 0 aromatic heterocycles. The van der Waals surface area contributed by atoms with Crippen molar-refractivity contribution in [3.63, 3.8) is 0 Å². The number of hydrogen-bond acceptors (Lipinski definition) is 5. The molecule has 1 N–H and O–H groups in total. The van der Waals surface area contributed by atoms with Crippen LogP contribution in [0.3, 0.4) is 0 Å². The predicted octanol–water partition coefficient (Wildman–Crippen LogP) is 4.21. The number of benzene rings is 3. The Morgan fingerprint density at radius 3 is 2.64 bits per heavy atom. The van der Waals surface area contributed by atoms with Crippen LogP contribution in [0.25, 0.3) is 6.08 Å². The van der Waals surface area contributed by atoms with Gasteiger partial charge in [0.25, 0.3) is 10.0 Å². The SMILES string of the molecule is O=C(/C=C/c1ccc2c(c1)OCO2)Nc1ccc2c(c1)CCCN2S(=O)(=O)c1ccccc1. The third-order valence-corrected chi connectivity index (χ3v) is 7.41. The molecule has 0 spiro atoms. The van der Waals surface area contributed by atoms with Crippen molar-refractivity contribution in [2.45, 2.75) is 17.7 Å². The minimum Gasteiger partial charge on any atom is -0.454 e. The average molecular weight is 463 g/mol. The lowest BCUT2D eigenvalue weighted by atomic mass is 10.0. The van der Waals surface area contributed by atoms with E-state index in [0.29, 0.717) is 35.8 Å². The molecular weight excluding hydrogens is 440 g/mol. The van der Waals surface area contributed by atoms with Crippen molar-refractivity contribution in [2.24, 2.45) is 0 Å². The maximum Gasteiger partial charge on any atom is 0.264 e. The first-order valence-electron chi connectivity index (χ1n) is 10.6. The van der Waals surface area contributed by atoms with E-state index >= 15 is 0 Å². The summed E-state index contributed by atoms with van der Waals surface area (Å²) in [6, 6.07) is 19.2. The van der Waals surface area contributed by atoms with Gasteiger partial charge in [0.15, 0.2) is 11.5 Å². The quantitative estimate of drug-likeness (QED) is 0.574. The van der Waals surface area contributed by atoms with Crippen LogP contribution in [0.15, 0.2) is 77.7 Å². The number of amides is 1. The third-order valence-electron chi connectivity index (χ3n) is 5.58. The van der Waals surface area contributed by atoms with Gasteiger partial charge in [0.05, 0.1) is 10.6 Å². The molecule has 168 valence electrons. The summed E-state index contributed by atoms with van der Waals surface area (Å²) in [4.78, 5) is 12.7. The zero-order valence-corrected chi connectivity index (χ0v) is 18.5. The summed E-state index contributed by atoms with van der Waals surface area (Å²) in [5.74, 6) is 1.06. The monoisotopic (exact) mass is 462 g/mol. The average Bonchev–Trinajstić information content (AvgIpc) is 3.31.